The van der Waals surface area contributed by atoms with Crippen molar-refractivity contribution in [2.45, 2.75) is 0 Å². The summed E-state index contributed by atoms with van der Waals surface area (Å²) in [7, 11) is 0. The molecule has 0 aliphatic rings. The zero-order valence-corrected chi connectivity index (χ0v) is 6.81. The van der Waals surface area contributed by atoms with Crippen LogP contribution in [0.5, 0.6) is 0 Å². The zero-order chi connectivity index (χ0) is 9.65. The molecule has 0 aliphatic carbocycles. The molecule has 0 fully saturated rings. The molecule has 0 aromatic rings. The second kappa shape index (κ2) is 5.14. The van der Waals surface area contributed by atoms with Gasteiger partial charge in [-0.25, -0.2) is 0 Å². The topological polar surface area (TPSA) is 184 Å². The molecule has 0 saturated heterocycles. The van der Waals surface area contributed by atoms with E-state index in [-0.39, 0.29) is 0 Å². The average molecular weight is 259 g/mol. The van der Waals surface area contributed by atoms with Gasteiger partial charge in [-0.1, -0.05) is 0 Å². The van der Waals surface area contributed by atoms with Crippen molar-refractivity contribution in [3.05, 3.63) is 0 Å². The van der Waals surface area contributed by atoms with Gasteiger partial charge in [0, 0.05) is 0 Å². The summed E-state index contributed by atoms with van der Waals surface area (Å²) in [6, 6.07) is 0. The van der Waals surface area contributed by atoms with E-state index >= 15 is 0 Å². The van der Waals surface area contributed by atoms with Gasteiger partial charge in [-0.2, -0.15) is 0 Å². The minimum atomic E-state index is -2.70. The summed E-state index contributed by atoms with van der Waals surface area (Å²) in [5, 5.41) is 17.9. The van der Waals surface area contributed by atoms with E-state index in [0.717, 1.165) is 0 Å². The number of hydrogen-bond donors (Lipinski definition) is 4. The van der Waals surface area contributed by atoms with Crippen LogP contribution in [0, 0.1) is 0 Å². The normalized spacial score (nSPS) is 10.9. The molecule has 0 bridgehead atoms. The van der Waals surface area contributed by atoms with E-state index in [9.17, 15) is 0 Å². The molecule has 0 aliphatic heterocycles. The van der Waals surface area contributed by atoms with E-state index in [4.69, 9.17) is 37.3 Å². The first kappa shape index (κ1) is 13.1. The number of carbonyl (C=O) groups excluding carboxylic acids is 2. The van der Waals surface area contributed by atoms with Gasteiger partial charge >= 0.3 is 34.0 Å². The molecule has 8 N–H and O–H groups in total. The Labute approximate surface area is 66.3 Å². The number of hydrogen-bond acceptors (Lipinski definition) is 8. The summed E-state index contributed by atoms with van der Waals surface area (Å²) in [5.41, 5.74) is 0. The van der Waals surface area contributed by atoms with E-state index in [1.807, 2.05) is 0 Å². The Morgan fingerprint density at radius 2 is 1.00 bits per heavy atom. The van der Waals surface area contributed by atoms with Crippen molar-refractivity contribution in [3.8, 4) is 0 Å². The van der Waals surface area contributed by atoms with Crippen LogP contribution in [0.25, 0.3) is 0 Å². The molecule has 0 aromatic heterocycles. The van der Waals surface area contributed by atoms with Gasteiger partial charge in [0.2, 0.25) is 0 Å². The Hall–Kier alpha value is -0.558. The molecule has 11 heavy (non-hydrogen) atoms. The Kier molecular flexibility index (Phi) is 6.10. The monoisotopic (exact) mass is 258 g/mol. The summed E-state index contributed by atoms with van der Waals surface area (Å²) in [4.78, 5) is 17.9. The Morgan fingerprint density at radius 1 is 0.909 bits per heavy atom. The molecule has 0 rings (SSSR count). The maximum absolute atomic E-state index is 8.93. The van der Waals surface area contributed by atoms with Crippen molar-refractivity contribution in [1.82, 2.24) is 0 Å². The van der Waals surface area contributed by atoms with Crippen LogP contribution in [0.4, 0.5) is 0 Å². The van der Waals surface area contributed by atoms with Crippen LogP contribution < -0.4 is 27.7 Å². The molecule has 0 spiro atoms. The summed E-state index contributed by atoms with van der Waals surface area (Å²) in [6.07, 6.45) is 0. The van der Waals surface area contributed by atoms with Crippen LogP contribution in [-0.4, -0.2) is 11.9 Å². The quantitative estimate of drug-likeness (QED) is 0.244. The van der Waals surface area contributed by atoms with E-state index in [1.165, 1.54) is 0 Å². The first-order valence-electron chi connectivity index (χ1n) is 1.80. The van der Waals surface area contributed by atoms with Crippen LogP contribution in [0.3, 0.4) is 0 Å². The SMILES string of the molecule is O=C([O-])C(=O)[O-].[NH2][Pd+2]([NH2])([NH2])[NH2]. The molecule has 0 atom stereocenters. The standard InChI is InChI=1S/C2H2O4.4H2N.Pd/c3-1(4)2(5)6;;;;;/h(H,3,4)(H,5,6);4*1H2;/q;4*-1;+6/p-2. The first-order valence-corrected chi connectivity index (χ1v) is 5.39. The molecule has 0 saturated carbocycles. The van der Waals surface area contributed by atoms with Gasteiger partial charge in [-0.15, -0.1) is 0 Å². The van der Waals surface area contributed by atoms with Crippen molar-refractivity contribution < 1.29 is 36.3 Å². The van der Waals surface area contributed by atoms with Gasteiger partial charge in [0.1, 0.15) is 0 Å². The van der Waals surface area contributed by atoms with Gasteiger partial charge in [0.25, 0.3) is 0 Å². The van der Waals surface area contributed by atoms with Crippen LogP contribution in [0.2, 0.25) is 0 Å². The fourth-order valence-electron chi connectivity index (χ4n) is 0. The third-order valence-electron chi connectivity index (χ3n) is 0.167. The van der Waals surface area contributed by atoms with E-state index < -0.39 is 28.5 Å². The van der Waals surface area contributed by atoms with Crippen LogP contribution in [-0.2, 0) is 26.1 Å². The van der Waals surface area contributed by atoms with E-state index in [0.29, 0.717) is 0 Å². The molecule has 8 nitrogen and oxygen atoms in total. The summed E-state index contributed by atoms with van der Waals surface area (Å²) in [5.74, 6) is -4.37. The number of carboxylic acids is 2. The third kappa shape index (κ3) is 44.1. The third-order valence-corrected chi connectivity index (χ3v) is 0.167. The predicted molar refractivity (Wildman–Crippen MR) is 26.8 cm³/mol. The van der Waals surface area contributed by atoms with Gasteiger partial charge in [-0.05, 0) is 0 Å². The van der Waals surface area contributed by atoms with Gasteiger partial charge in [-0.3, -0.25) is 0 Å². The predicted octanol–water partition coefficient (Wildman–Crippen LogP) is -5.88. The molecule has 0 amide bonds. The Morgan fingerprint density at radius 3 is 1.00 bits per heavy atom. The van der Waals surface area contributed by atoms with E-state index in [1.54, 1.807) is 0 Å². The maximum atomic E-state index is 8.93. The number of rotatable bonds is 0. The fraction of sp³-hybridized carbons (Fsp3) is 0. The number of nitrogens with two attached hydrogens (primary N) is 4. The molecule has 0 aromatic carbocycles. The average Bonchev–Trinajstić information content (AvgIpc) is 1.59. The van der Waals surface area contributed by atoms with Crippen LogP contribution >= 0.6 is 0 Å². The number of aliphatic carboxylic acids is 2. The second-order valence-electron chi connectivity index (χ2n) is 1.21. The van der Waals surface area contributed by atoms with Gasteiger partial charge in [0.15, 0.2) is 0 Å². The van der Waals surface area contributed by atoms with Crippen LogP contribution in [0.1, 0.15) is 0 Å². The first-order chi connectivity index (χ1) is 4.64. The van der Waals surface area contributed by atoms with Gasteiger partial charge < -0.3 is 19.8 Å². The molecule has 0 unspecified atom stereocenters. The summed E-state index contributed by atoms with van der Waals surface area (Å²) in [6.45, 7) is 0. The zero-order valence-electron chi connectivity index (χ0n) is 5.26. The van der Waals surface area contributed by atoms with Gasteiger partial charge in [0.05, 0.1) is 11.9 Å². The molecule has 70 valence electrons. The molecule has 9 heteroatoms. The Balaban J connectivity index is 0. The molecule has 0 radical (unpaired) electrons. The second-order valence-corrected chi connectivity index (χ2v) is 4.32. The van der Waals surface area contributed by atoms with Crippen molar-refractivity contribution in [3.63, 3.8) is 0 Å². The Bertz CT molecular complexity index is 135. The van der Waals surface area contributed by atoms with Crippen molar-refractivity contribution >= 4 is 11.9 Å². The molecular weight excluding hydrogens is 250 g/mol. The van der Waals surface area contributed by atoms with Crippen LogP contribution in [0.15, 0.2) is 0 Å². The fourth-order valence-corrected chi connectivity index (χ4v) is 0. The number of carboxylic acid groups (broad SMARTS) is 2. The van der Waals surface area contributed by atoms with Crippen molar-refractivity contribution in [2.75, 3.05) is 0 Å². The molecular formula is C2H8N4O4Pd. The van der Waals surface area contributed by atoms with E-state index in [2.05, 4.69) is 0 Å². The number of carbonyl (C=O) groups is 2. The minimum absolute atomic E-state index is 2.19. The summed E-state index contributed by atoms with van der Waals surface area (Å²) < 4.78 is 19.4. The van der Waals surface area contributed by atoms with Crippen molar-refractivity contribution in [1.29, 1.82) is 0 Å². The molecule has 0 heterocycles. The summed E-state index contributed by atoms with van der Waals surface area (Å²) >= 11 is -2.70. The van der Waals surface area contributed by atoms with Crippen molar-refractivity contribution in [2.24, 2.45) is 17.5 Å².